The molecule has 1 atom stereocenters. The number of nitrogens with one attached hydrogen (secondary N) is 1. The van der Waals surface area contributed by atoms with Crippen LogP contribution in [0.5, 0.6) is 5.75 Å². The van der Waals surface area contributed by atoms with Crippen LogP contribution in [-0.2, 0) is 17.6 Å². The van der Waals surface area contributed by atoms with E-state index in [1.165, 1.54) is 5.56 Å². The first-order chi connectivity index (χ1) is 14.5. The largest absolute Gasteiger partial charge is 0.496 e. The Labute approximate surface area is 178 Å². The molecule has 0 bridgehead atoms. The average molecular weight is 407 g/mol. The number of ether oxygens (including phenoxy) is 1. The molecule has 0 saturated carbocycles. The van der Waals surface area contributed by atoms with Crippen LogP contribution in [-0.4, -0.2) is 18.0 Å². The Balaban J connectivity index is 1.54. The summed E-state index contributed by atoms with van der Waals surface area (Å²) in [7, 11) is 1.63. The minimum absolute atomic E-state index is 0.0498. The topological polar surface area (TPSA) is 64.4 Å². The Morgan fingerprint density at radius 1 is 1.10 bits per heavy atom. The maximum Gasteiger partial charge on any atom is 0.220 e. The number of para-hydroxylation sites is 1. The van der Waals surface area contributed by atoms with Gasteiger partial charge >= 0.3 is 0 Å². The van der Waals surface area contributed by atoms with Gasteiger partial charge in [-0.15, -0.1) is 0 Å². The number of rotatable bonds is 9. The van der Waals surface area contributed by atoms with E-state index in [0.29, 0.717) is 24.7 Å². The fraction of sp³-hybridized carbons (Fsp3) is 0.360. The SMILES string of the molecule is COc1ccccc1[C@H](C)NC(=O)CCc1ncc(-c2ccc(CC(C)C)cc2)o1. The van der Waals surface area contributed by atoms with Crippen LogP contribution < -0.4 is 10.1 Å². The summed E-state index contributed by atoms with van der Waals surface area (Å²) in [6.45, 7) is 6.37. The van der Waals surface area contributed by atoms with Crippen LogP contribution in [0.3, 0.4) is 0 Å². The summed E-state index contributed by atoms with van der Waals surface area (Å²) in [6, 6.07) is 15.9. The van der Waals surface area contributed by atoms with Crippen molar-refractivity contribution in [2.75, 3.05) is 7.11 Å². The molecular formula is C25H30N2O3. The van der Waals surface area contributed by atoms with E-state index in [4.69, 9.17) is 9.15 Å². The van der Waals surface area contributed by atoms with Gasteiger partial charge in [-0.05, 0) is 30.9 Å². The number of methoxy groups -OCH3 is 1. The number of carbonyl (C=O) groups is 1. The first-order valence-corrected chi connectivity index (χ1v) is 10.4. The third-order valence-corrected chi connectivity index (χ3v) is 4.98. The summed E-state index contributed by atoms with van der Waals surface area (Å²) >= 11 is 0. The molecule has 3 rings (SSSR count). The summed E-state index contributed by atoms with van der Waals surface area (Å²) in [5.41, 5.74) is 3.26. The number of nitrogens with zero attached hydrogens (tertiary/aromatic N) is 1. The molecule has 2 aromatic carbocycles. The minimum atomic E-state index is -0.141. The summed E-state index contributed by atoms with van der Waals surface area (Å²) in [5.74, 6) is 2.64. The van der Waals surface area contributed by atoms with E-state index in [-0.39, 0.29) is 11.9 Å². The quantitative estimate of drug-likeness (QED) is 0.520. The van der Waals surface area contributed by atoms with Crippen LogP contribution >= 0.6 is 0 Å². The van der Waals surface area contributed by atoms with Crippen molar-refractivity contribution in [2.45, 2.75) is 46.1 Å². The highest BCUT2D eigenvalue weighted by Crippen LogP contribution is 2.25. The second-order valence-electron chi connectivity index (χ2n) is 7.94. The number of amides is 1. The van der Waals surface area contributed by atoms with E-state index in [2.05, 4.69) is 48.4 Å². The number of aromatic nitrogens is 1. The van der Waals surface area contributed by atoms with Crippen molar-refractivity contribution in [1.29, 1.82) is 0 Å². The highest BCUT2D eigenvalue weighted by Gasteiger charge is 2.15. The Bertz CT molecular complexity index is 961. The number of hydrogen-bond donors (Lipinski definition) is 1. The van der Waals surface area contributed by atoms with Crippen molar-refractivity contribution in [3.05, 3.63) is 71.7 Å². The van der Waals surface area contributed by atoms with Crippen molar-refractivity contribution in [3.8, 4) is 17.1 Å². The fourth-order valence-corrected chi connectivity index (χ4v) is 3.47. The molecule has 0 saturated heterocycles. The molecule has 0 aliphatic heterocycles. The zero-order valence-corrected chi connectivity index (χ0v) is 18.1. The summed E-state index contributed by atoms with van der Waals surface area (Å²) in [5, 5.41) is 3.01. The highest BCUT2D eigenvalue weighted by atomic mass is 16.5. The predicted octanol–water partition coefficient (Wildman–Crippen LogP) is 5.36. The molecule has 1 aromatic heterocycles. The van der Waals surface area contributed by atoms with Gasteiger partial charge in [-0.1, -0.05) is 56.3 Å². The Morgan fingerprint density at radius 2 is 1.83 bits per heavy atom. The molecule has 0 radical (unpaired) electrons. The lowest BCUT2D eigenvalue weighted by Crippen LogP contribution is -2.27. The van der Waals surface area contributed by atoms with Crippen molar-refractivity contribution >= 4 is 5.91 Å². The smallest absolute Gasteiger partial charge is 0.220 e. The van der Waals surface area contributed by atoms with Crippen LogP contribution in [0.4, 0.5) is 0 Å². The summed E-state index contributed by atoms with van der Waals surface area (Å²) < 4.78 is 11.2. The number of benzene rings is 2. The van der Waals surface area contributed by atoms with Crippen molar-refractivity contribution in [1.82, 2.24) is 10.3 Å². The van der Waals surface area contributed by atoms with E-state index in [1.54, 1.807) is 13.3 Å². The van der Waals surface area contributed by atoms with E-state index < -0.39 is 0 Å². The molecule has 158 valence electrons. The van der Waals surface area contributed by atoms with Gasteiger partial charge in [-0.2, -0.15) is 0 Å². The predicted molar refractivity (Wildman–Crippen MR) is 118 cm³/mol. The molecule has 0 fully saturated rings. The third kappa shape index (κ3) is 5.72. The van der Waals surface area contributed by atoms with Gasteiger partial charge in [0.15, 0.2) is 11.7 Å². The van der Waals surface area contributed by atoms with Crippen LogP contribution in [0.25, 0.3) is 11.3 Å². The lowest BCUT2D eigenvalue weighted by atomic mass is 10.0. The van der Waals surface area contributed by atoms with Gasteiger partial charge in [0.25, 0.3) is 0 Å². The van der Waals surface area contributed by atoms with E-state index >= 15 is 0 Å². The molecule has 1 N–H and O–H groups in total. The average Bonchev–Trinajstić information content (AvgIpc) is 3.21. The lowest BCUT2D eigenvalue weighted by molar-refractivity contribution is -0.121. The molecule has 1 amide bonds. The Hall–Kier alpha value is -3.08. The molecule has 0 aliphatic rings. The lowest BCUT2D eigenvalue weighted by Gasteiger charge is -2.17. The zero-order valence-electron chi connectivity index (χ0n) is 18.1. The first-order valence-electron chi connectivity index (χ1n) is 10.4. The van der Waals surface area contributed by atoms with Crippen molar-refractivity contribution in [2.24, 2.45) is 5.92 Å². The zero-order chi connectivity index (χ0) is 21.5. The molecule has 1 heterocycles. The molecule has 0 spiro atoms. The number of hydrogen-bond acceptors (Lipinski definition) is 4. The molecule has 0 aliphatic carbocycles. The second kappa shape index (κ2) is 10.1. The molecule has 5 nitrogen and oxygen atoms in total. The van der Waals surface area contributed by atoms with Crippen molar-refractivity contribution < 1.29 is 13.9 Å². The number of aryl methyl sites for hydroxylation is 1. The maximum absolute atomic E-state index is 12.4. The Morgan fingerprint density at radius 3 is 2.53 bits per heavy atom. The number of carbonyl (C=O) groups excluding carboxylic acids is 1. The monoisotopic (exact) mass is 406 g/mol. The first kappa shape index (κ1) is 21.6. The van der Waals surface area contributed by atoms with Gasteiger partial charge in [0.05, 0.1) is 19.3 Å². The van der Waals surface area contributed by atoms with Gasteiger partial charge in [0, 0.05) is 24.0 Å². The van der Waals surface area contributed by atoms with Gasteiger partial charge in [0.1, 0.15) is 5.75 Å². The van der Waals surface area contributed by atoms with Crippen molar-refractivity contribution in [3.63, 3.8) is 0 Å². The molecule has 3 aromatic rings. The molecular weight excluding hydrogens is 376 g/mol. The van der Waals surface area contributed by atoms with E-state index in [1.807, 2.05) is 31.2 Å². The normalized spacial score (nSPS) is 12.0. The third-order valence-electron chi connectivity index (χ3n) is 4.98. The van der Waals surface area contributed by atoms with Gasteiger partial charge in [0.2, 0.25) is 5.91 Å². The fourth-order valence-electron chi connectivity index (χ4n) is 3.47. The highest BCUT2D eigenvalue weighted by molar-refractivity contribution is 5.76. The number of oxazole rings is 1. The van der Waals surface area contributed by atoms with Crippen LogP contribution in [0.1, 0.15) is 50.3 Å². The second-order valence-corrected chi connectivity index (χ2v) is 7.94. The molecule has 0 unspecified atom stereocenters. The van der Waals surface area contributed by atoms with Crippen LogP contribution in [0.15, 0.2) is 59.1 Å². The molecule has 30 heavy (non-hydrogen) atoms. The minimum Gasteiger partial charge on any atom is -0.496 e. The van der Waals surface area contributed by atoms with Gasteiger partial charge < -0.3 is 14.5 Å². The Kier molecular flexibility index (Phi) is 7.28. The molecule has 5 heteroatoms. The summed E-state index contributed by atoms with van der Waals surface area (Å²) in [4.78, 5) is 16.7. The van der Waals surface area contributed by atoms with Gasteiger partial charge in [-0.3, -0.25) is 4.79 Å². The standard InChI is InChI=1S/C25H30N2O3/c1-17(2)15-19-9-11-20(12-10-19)23-16-26-25(30-23)14-13-24(28)27-18(3)21-7-5-6-8-22(21)29-4/h5-12,16-18H,13-15H2,1-4H3,(H,27,28)/t18-/m0/s1. The summed E-state index contributed by atoms with van der Waals surface area (Å²) in [6.07, 6.45) is 3.55. The maximum atomic E-state index is 12.4. The van der Waals surface area contributed by atoms with Crippen LogP contribution in [0.2, 0.25) is 0 Å². The van der Waals surface area contributed by atoms with Crippen LogP contribution in [0, 0.1) is 5.92 Å². The van der Waals surface area contributed by atoms with E-state index in [0.717, 1.165) is 29.1 Å². The van der Waals surface area contributed by atoms with E-state index in [9.17, 15) is 4.79 Å². The van der Waals surface area contributed by atoms with Gasteiger partial charge in [-0.25, -0.2) is 4.98 Å².